The van der Waals surface area contributed by atoms with Gasteiger partial charge >= 0.3 is 5.97 Å². The fraction of sp³-hybridized carbons (Fsp3) is 0.818. The quantitative estimate of drug-likeness (QED) is 0.167. The number of allylic oxidation sites excluding steroid dienone is 2. The van der Waals surface area contributed by atoms with Crippen LogP contribution in [-0.2, 0) is 14.3 Å². The van der Waals surface area contributed by atoms with Crippen LogP contribution in [0.5, 0.6) is 0 Å². The van der Waals surface area contributed by atoms with Crippen molar-refractivity contribution in [2.75, 3.05) is 6.61 Å². The molecule has 0 N–H and O–H groups in total. The third-order valence-corrected chi connectivity index (χ3v) is 5.31. The Morgan fingerprint density at radius 2 is 1.80 bits per heavy atom. The van der Waals surface area contributed by atoms with Crippen molar-refractivity contribution in [1.82, 2.24) is 0 Å². The van der Waals surface area contributed by atoms with Gasteiger partial charge in [0.25, 0.3) is 0 Å². The zero-order valence-electron chi connectivity index (χ0n) is 16.4. The lowest BCUT2D eigenvalue weighted by Crippen LogP contribution is -2.16. The lowest BCUT2D eigenvalue weighted by atomic mass is 9.90. The zero-order chi connectivity index (χ0) is 18.3. The summed E-state index contributed by atoms with van der Waals surface area (Å²) in [4.78, 5) is 22.8. The van der Waals surface area contributed by atoms with Gasteiger partial charge in [-0.15, -0.1) is 0 Å². The molecule has 0 saturated heterocycles. The summed E-state index contributed by atoms with van der Waals surface area (Å²) in [5.41, 5.74) is 0. The van der Waals surface area contributed by atoms with Gasteiger partial charge in [-0.05, 0) is 57.3 Å². The van der Waals surface area contributed by atoms with Crippen LogP contribution < -0.4 is 0 Å². The van der Waals surface area contributed by atoms with E-state index in [4.69, 9.17) is 4.74 Å². The number of carbonyl (C=O) groups excluding carboxylic acids is 2. The van der Waals surface area contributed by atoms with Gasteiger partial charge in [0.2, 0.25) is 5.78 Å². The number of Topliss-reactive ketones (excluding diaryl/α,β-unsaturated/α-hetero) is 1. The maximum atomic E-state index is 11.5. The lowest BCUT2D eigenvalue weighted by molar-refractivity contribution is -0.153. The molecular weight excluding hydrogens is 312 g/mol. The summed E-state index contributed by atoms with van der Waals surface area (Å²) >= 11 is 0. The number of hydrogen-bond acceptors (Lipinski definition) is 3. The normalized spacial score (nSPS) is 20.2. The Labute approximate surface area is 154 Å². The maximum Gasteiger partial charge on any atom is 0.374 e. The van der Waals surface area contributed by atoms with Crippen LogP contribution in [0.1, 0.15) is 97.3 Å². The first-order chi connectivity index (χ1) is 12.2. The topological polar surface area (TPSA) is 43.4 Å². The summed E-state index contributed by atoms with van der Waals surface area (Å²) in [7, 11) is 0. The van der Waals surface area contributed by atoms with Gasteiger partial charge in [0.15, 0.2) is 0 Å². The second-order valence-corrected chi connectivity index (χ2v) is 7.38. The molecule has 3 heteroatoms. The predicted octanol–water partition coefficient (Wildman–Crippen LogP) is 6.01. The molecule has 0 spiro atoms. The van der Waals surface area contributed by atoms with Gasteiger partial charge in [-0.3, -0.25) is 4.79 Å². The number of esters is 1. The third kappa shape index (κ3) is 9.81. The largest absolute Gasteiger partial charge is 0.460 e. The zero-order valence-corrected chi connectivity index (χ0v) is 16.4. The van der Waals surface area contributed by atoms with E-state index in [2.05, 4.69) is 19.1 Å². The number of carbonyl (C=O) groups is 2. The minimum Gasteiger partial charge on any atom is -0.460 e. The molecule has 1 fully saturated rings. The Morgan fingerprint density at radius 3 is 2.56 bits per heavy atom. The second kappa shape index (κ2) is 14.1. The maximum absolute atomic E-state index is 11.5. The second-order valence-electron chi connectivity index (χ2n) is 7.38. The molecule has 0 unspecified atom stereocenters. The Hall–Kier alpha value is -1.12. The molecule has 1 aliphatic carbocycles. The van der Waals surface area contributed by atoms with Crippen LogP contribution in [0.3, 0.4) is 0 Å². The van der Waals surface area contributed by atoms with E-state index >= 15 is 0 Å². The van der Waals surface area contributed by atoms with Crippen LogP contribution in [0.15, 0.2) is 12.2 Å². The fourth-order valence-electron chi connectivity index (χ4n) is 3.82. The number of unbranched alkanes of at least 4 members (excludes halogenated alkanes) is 6. The molecule has 0 aliphatic heterocycles. The molecule has 144 valence electrons. The molecule has 0 aromatic carbocycles. The van der Waals surface area contributed by atoms with E-state index in [1.165, 1.54) is 64.2 Å². The molecule has 1 rings (SSSR count). The summed E-state index contributed by atoms with van der Waals surface area (Å²) < 4.78 is 4.73. The number of rotatable bonds is 14. The highest BCUT2D eigenvalue weighted by Crippen LogP contribution is 2.36. The van der Waals surface area contributed by atoms with Crippen molar-refractivity contribution in [2.45, 2.75) is 97.3 Å². The summed E-state index contributed by atoms with van der Waals surface area (Å²) in [6.45, 7) is 4.26. The highest BCUT2D eigenvalue weighted by Gasteiger charge is 2.24. The SMILES string of the molecule is CCCCCCC=C[C@H]1CCC[C@@H]1CCCCCC(=O)C(=O)OCC. The van der Waals surface area contributed by atoms with Crippen molar-refractivity contribution in [3.05, 3.63) is 12.2 Å². The van der Waals surface area contributed by atoms with Gasteiger partial charge in [-0.2, -0.15) is 0 Å². The van der Waals surface area contributed by atoms with Crippen LogP contribution in [-0.4, -0.2) is 18.4 Å². The van der Waals surface area contributed by atoms with Crippen molar-refractivity contribution in [1.29, 1.82) is 0 Å². The van der Waals surface area contributed by atoms with E-state index in [9.17, 15) is 9.59 Å². The van der Waals surface area contributed by atoms with Crippen LogP contribution in [0.2, 0.25) is 0 Å². The van der Waals surface area contributed by atoms with E-state index < -0.39 is 5.97 Å². The molecule has 1 saturated carbocycles. The van der Waals surface area contributed by atoms with E-state index in [1.54, 1.807) is 6.92 Å². The Morgan fingerprint density at radius 1 is 1.00 bits per heavy atom. The van der Waals surface area contributed by atoms with Crippen molar-refractivity contribution < 1.29 is 14.3 Å². The molecule has 0 bridgehead atoms. The average Bonchev–Trinajstić information content (AvgIpc) is 3.05. The molecule has 1 aliphatic rings. The third-order valence-electron chi connectivity index (χ3n) is 5.31. The lowest BCUT2D eigenvalue weighted by Gasteiger charge is -2.16. The summed E-state index contributed by atoms with van der Waals surface area (Å²) in [6, 6.07) is 0. The first kappa shape index (κ1) is 21.9. The van der Waals surface area contributed by atoms with Gasteiger partial charge in [-0.25, -0.2) is 4.79 Å². The van der Waals surface area contributed by atoms with Crippen LogP contribution in [0.25, 0.3) is 0 Å². The Kier molecular flexibility index (Phi) is 12.4. The first-order valence-corrected chi connectivity index (χ1v) is 10.6. The summed E-state index contributed by atoms with van der Waals surface area (Å²) in [5.74, 6) is 0.564. The molecule has 0 radical (unpaired) electrons. The van der Waals surface area contributed by atoms with E-state index in [0.717, 1.165) is 24.7 Å². The first-order valence-electron chi connectivity index (χ1n) is 10.6. The van der Waals surface area contributed by atoms with Crippen molar-refractivity contribution >= 4 is 11.8 Å². The van der Waals surface area contributed by atoms with Crippen LogP contribution >= 0.6 is 0 Å². The van der Waals surface area contributed by atoms with E-state index in [1.807, 2.05) is 0 Å². The van der Waals surface area contributed by atoms with Crippen molar-refractivity contribution in [3.8, 4) is 0 Å². The van der Waals surface area contributed by atoms with Gasteiger partial charge in [0.05, 0.1) is 6.61 Å². The molecule has 0 aromatic heterocycles. The van der Waals surface area contributed by atoms with E-state index in [-0.39, 0.29) is 12.4 Å². The molecular formula is C22H38O3. The molecule has 3 nitrogen and oxygen atoms in total. The molecule has 0 aromatic rings. The van der Waals surface area contributed by atoms with Gasteiger partial charge in [0.1, 0.15) is 0 Å². The van der Waals surface area contributed by atoms with Gasteiger partial charge < -0.3 is 4.74 Å². The number of ether oxygens (including phenoxy) is 1. The van der Waals surface area contributed by atoms with Gasteiger partial charge in [0, 0.05) is 6.42 Å². The summed E-state index contributed by atoms with van der Waals surface area (Å²) in [5, 5.41) is 0. The van der Waals surface area contributed by atoms with Crippen molar-refractivity contribution in [3.63, 3.8) is 0 Å². The minimum absolute atomic E-state index is 0.278. The van der Waals surface area contributed by atoms with Gasteiger partial charge in [-0.1, -0.05) is 57.6 Å². The van der Waals surface area contributed by atoms with Crippen molar-refractivity contribution in [2.24, 2.45) is 11.8 Å². The van der Waals surface area contributed by atoms with E-state index in [0.29, 0.717) is 6.42 Å². The van der Waals surface area contributed by atoms with Crippen LogP contribution in [0, 0.1) is 11.8 Å². The molecule has 0 amide bonds. The Balaban J connectivity index is 2.11. The molecule has 25 heavy (non-hydrogen) atoms. The smallest absolute Gasteiger partial charge is 0.374 e. The molecule has 2 atom stereocenters. The Bertz CT molecular complexity index is 400. The summed E-state index contributed by atoms with van der Waals surface area (Å²) in [6.07, 6.45) is 20.2. The monoisotopic (exact) mass is 350 g/mol. The fourth-order valence-corrected chi connectivity index (χ4v) is 3.82. The average molecular weight is 351 g/mol. The standard InChI is InChI=1S/C22H38O3/c1-3-5-6-7-8-10-14-19-16-13-17-20(19)15-11-9-12-18-21(23)22(24)25-4-2/h10,14,19-20H,3-9,11-13,15-18H2,1-2H3/t19-,20-/m0/s1. The number of ketones is 1. The number of hydrogen-bond donors (Lipinski definition) is 0. The van der Waals surface area contributed by atoms with Crippen LogP contribution in [0.4, 0.5) is 0 Å². The highest BCUT2D eigenvalue weighted by atomic mass is 16.5. The molecule has 0 heterocycles. The minimum atomic E-state index is -0.664. The highest BCUT2D eigenvalue weighted by molar-refractivity contribution is 6.33. The predicted molar refractivity (Wildman–Crippen MR) is 103 cm³/mol.